The lowest BCUT2D eigenvalue weighted by molar-refractivity contribution is -0.114. The number of amides is 1. The Kier molecular flexibility index (Phi) is 7.71. The van der Waals surface area contributed by atoms with Crippen molar-refractivity contribution in [1.82, 2.24) is 0 Å². The zero-order valence-corrected chi connectivity index (χ0v) is 19.1. The number of nitrogens with one attached hydrogen (secondary N) is 1. The molecule has 0 bridgehead atoms. The lowest BCUT2D eigenvalue weighted by Gasteiger charge is -2.19. The number of hydrogen-bond donors (Lipinski definition) is 1. The molecular weight excluding hydrogens is 462 g/mol. The minimum Gasteiger partial charge on any atom is -0.497 e. The number of anilines is 1. The summed E-state index contributed by atoms with van der Waals surface area (Å²) in [6.07, 6.45) is 0.321. The fourth-order valence-corrected chi connectivity index (χ4v) is 4.66. The molecule has 0 heterocycles. The summed E-state index contributed by atoms with van der Waals surface area (Å²) in [5.41, 5.74) is 2.42. The molecule has 0 aliphatic heterocycles. The van der Waals surface area contributed by atoms with Gasteiger partial charge >= 0.3 is 0 Å². The predicted molar refractivity (Wildman–Crippen MR) is 125 cm³/mol. The first-order chi connectivity index (χ1) is 14.5. The number of halogens is 1. The third-order valence-electron chi connectivity index (χ3n) is 4.47. The van der Waals surface area contributed by atoms with Crippen molar-refractivity contribution in [2.24, 2.45) is 0 Å². The number of benzene rings is 3. The highest BCUT2D eigenvalue weighted by atomic mass is 79.9. The highest BCUT2D eigenvalue weighted by molar-refractivity contribution is 9.10. The summed E-state index contributed by atoms with van der Waals surface area (Å²) in [5.74, 6) is 0.636. The summed E-state index contributed by atoms with van der Waals surface area (Å²) in [5, 5.41) is 2.75. The van der Waals surface area contributed by atoms with Crippen LogP contribution in [0, 0.1) is 0 Å². The van der Waals surface area contributed by atoms with Crippen molar-refractivity contribution in [1.29, 1.82) is 0 Å². The average molecular weight is 484 g/mol. The zero-order valence-electron chi connectivity index (χ0n) is 16.7. The van der Waals surface area contributed by atoms with E-state index < -0.39 is 0 Å². The largest absolute Gasteiger partial charge is 0.497 e. The van der Waals surface area contributed by atoms with Gasteiger partial charge in [0.15, 0.2) is 5.78 Å². The van der Waals surface area contributed by atoms with Crippen LogP contribution in [0.15, 0.2) is 82.2 Å². The van der Waals surface area contributed by atoms with Crippen LogP contribution in [0.2, 0.25) is 0 Å². The number of carbonyl (C=O) groups is 2. The smallest absolute Gasteiger partial charge is 0.221 e. The quantitative estimate of drug-likeness (QED) is 0.292. The van der Waals surface area contributed by atoms with E-state index in [0.29, 0.717) is 17.7 Å². The van der Waals surface area contributed by atoms with Gasteiger partial charge in [-0.15, -0.1) is 11.8 Å². The number of thioether (sulfide) groups is 1. The van der Waals surface area contributed by atoms with E-state index in [2.05, 4.69) is 21.2 Å². The molecule has 3 aromatic carbocycles. The molecule has 6 heteroatoms. The highest BCUT2D eigenvalue weighted by Gasteiger charge is 2.20. The lowest BCUT2D eigenvalue weighted by atomic mass is 10.0. The molecule has 4 nitrogen and oxygen atoms in total. The first-order valence-electron chi connectivity index (χ1n) is 9.42. The van der Waals surface area contributed by atoms with Crippen LogP contribution in [-0.4, -0.2) is 18.8 Å². The van der Waals surface area contributed by atoms with Crippen LogP contribution >= 0.6 is 27.7 Å². The van der Waals surface area contributed by atoms with Gasteiger partial charge in [0.2, 0.25) is 5.91 Å². The van der Waals surface area contributed by atoms with Crippen molar-refractivity contribution in [2.45, 2.75) is 23.5 Å². The van der Waals surface area contributed by atoms with Crippen LogP contribution < -0.4 is 10.1 Å². The van der Waals surface area contributed by atoms with Crippen molar-refractivity contribution < 1.29 is 14.3 Å². The summed E-state index contributed by atoms with van der Waals surface area (Å²) >= 11 is 5.09. The predicted octanol–water partition coefficient (Wildman–Crippen LogP) is 6.52. The van der Waals surface area contributed by atoms with Crippen molar-refractivity contribution in [3.63, 3.8) is 0 Å². The highest BCUT2D eigenvalue weighted by Crippen LogP contribution is 2.42. The van der Waals surface area contributed by atoms with E-state index >= 15 is 0 Å². The van der Waals surface area contributed by atoms with Crippen molar-refractivity contribution >= 4 is 45.1 Å². The molecule has 3 aromatic rings. The third kappa shape index (κ3) is 5.97. The van der Waals surface area contributed by atoms with E-state index in [1.54, 1.807) is 43.1 Å². The summed E-state index contributed by atoms with van der Waals surface area (Å²) in [6.45, 7) is 1.49. The summed E-state index contributed by atoms with van der Waals surface area (Å²) in [6, 6.07) is 22.8. The maximum atomic E-state index is 13.0. The number of para-hydroxylation sites is 1. The van der Waals surface area contributed by atoms with Gasteiger partial charge < -0.3 is 10.1 Å². The molecule has 30 heavy (non-hydrogen) atoms. The molecule has 0 aliphatic rings. The Morgan fingerprint density at radius 1 is 1.03 bits per heavy atom. The minimum absolute atomic E-state index is 0.0483. The first-order valence-corrected chi connectivity index (χ1v) is 11.1. The molecule has 1 N–H and O–H groups in total. The third-order valence-corrected chi connectivity index (χ3v) is 6.30. The van der Waals surface area contributed by atoms with Crippen LogP contribution in [0.4, 0.5) is 5.69 Å². The fourth-order valence-electron chi connectivity index (χ4n) is 3.01. The van der Waals surface area contributed by atoms with Gasteiger partial charge in [-0.1, -0.05) is 40.2 Å². The van der Waals surface area contributed by atoms with Crippen LogP contribution in [0.3, 0.4) is 0 Å². The number of methoxy groups -OCH3 is 1. The number of carbonyl (C=O) groups excluding carboxylic acids is 2. The molecule has 0 fully saturated rings. The van der Waals surface area contributed by atoms with Gasteiger partial charge in [0.25, 0.3) is 0 Å². The van der Waals surface area contributed by atoms with Gasteiger partial charge in [0, 0.05) is 33.5 Å². The van der Waals surface area contributed by atoms with Crippen LogP contribution in [0.1, 0.15) is 34.5 Å². The molecule has 0 saturated carbocycles. The monoisotopic (exact) mass is 483 g/mol. The van der Waals surface area contributed by atoms with E-state index in [0.717, 1.165) is 20.6 Å². The molecule has 1 unspecified atom stereocenters. The van der Waals surface area contributed by atoms with Crippen molar-refractivity contribution in [2.75, 3.05) is 12.4 Å². The molecule has 154 valence electrons. The van der Waals surface area contributed by atoms with Gasteiger partial charge in [-0.25, -0.2) is 0 Å². The molecule has 0 aliphatic carbocycles. The Bertz CT molecular complexity index is 1040. The van der Waals surface area contributed by atoms with Gasteiger partial charge in [-0.2, -0.15) is 0 Å². The minimum atomic E-state index is -0.128. The van der Waals surface area contributed by atoms with Crippen LogP contribution in [-0.2, 0) is 4.79 Å². The van der Waals surface area contributed by atoms with E-state index in [1.807, 2.05) is 48.5 Å². The normalized spacial score (nSPS) is 11.6. The standard InChI is InChI=1S/C24H22BrNO3S/c1-16(27)26-21-8-3-4-9-23(21)30-24(18-6-5-7-19(25)14-18)15-22(28)17-10-12-20(29-2)13-11-17/h3-14,24H,15H2,1-2H3,(H,26,27). The maximum Gasteiger partial charge on any atom is 0.221 e. The SMILES string of the molecule is COc1ccc(C(=O)CC(Sc2ccccc2NC(C)=O)c2cccc(Br)c2)cc1. The number of Topliss-reactive ketones (excluding diaryl/α,β-unsaturated/α-hetero) is 1. The van der Waals surface area contributed by atoms with E-state index in [-0.39, 0.29) is 16.9 Å². The summed E-state index contributed by atoms with van der Waals surface area (Å²) in [7, 11) is 1.60. The van der Waals surface area contributed by atoms with Gasteiger partial charge in [-0.3, -0.25) is 9.59 Å². The average Bonchev–Trinajstić information content (AvgIpc) is 2.74. The molecule has 0 saturated heterocycles. The van der Waals surface area contributed by atoms with Crippen molar-refractivity contribution in [3.05, 3.63) is 88.4 Å². The van der Waals surface area contributed by atoms with Gasteiger partial charge in [0.1, 0.15) is 5.75 Å². The first kappa shape index (κ1) is 22.1. The van der Waals surface area contributed by atoms with Gasteiger partial charge in [0.05, 0.1) is 12.8 Å². The molecule has 0 aromatic heterocycles. The second kappa shape index (κ2) is 10.5. The van der Waals surface area contributed by atoms with E-state index in [4.69, 9.17) is 4.74 Å². The van der Waals surface area contributed by atoms with E-state index in [9.17, 15) is 9.59 Å². The van der Waals surface area contributed by atoms with Crippen LogP contribution in [0.5, 0.6) is 5.75 Å². The molecule has 0 radical (unpaired) electrons. The Hall–Kier alpha value is -2.57. The van der Waals surface area contributed by atoms with E-state index in [1.165, 1.54) is 6.92 Å². The van der Waals surface area contributed by atoms with Gasteiger partial charge in [-0.05, 0) is 54.1 Å². The Labute approximate surface area is 189 Å². The molecule has 0 spiro atoms. The number of hydrogen-bond acceptors (Lipinski definition) is 4. The Morgan fingerprint density at radius 2 is 1.77 bits per heavy atom. The van der Waals surface area contributed by atoms with Crippen molar-refractivity contribution in [3.8, 4) is 5.75 Å². The Morgan fingerprint density at radius 3 is 2.43 bits per heavy atom. The van der Waals surface area contributed by atoms with Crippen LogP contribution in [0.25, 0.3) is 0 Å². The summed E-state index contributed by atoms with van der Waals surface area (Å²) < 4.78 is 6.14. The molecule has 3 rings (SSSR count). The molecule has 1 atom stereocenters. The molecule has 1 amide bonds. The number of ether oxygens (including phenoxy) is 1. The zero-order chi connectivity index (χ0) is 21.5. The fraction of sp³-hybridized carbons (Fsp3) is 0.167. The number of rotatable bonds is 8. The summed E-state index contributed by atoms with van der Waals surface area (Å²) in [4.78, 5) is 25.5. The Balaban J connectivity index is 1.89. The topological polar surface area (TPSA) is 55.4 Å². The maximum absolute atomic E-state index is 13.0. The lowest BCUT2D eigenvalue weighted by Crippen LogP contribution is -2.08. The second-order valence-corrected chi connectivity index (χ2v) is 8.85. The number of ketones is 1. The second-order valence-electron chi connectivity index (χ2n) is 6.69. The molecular formula is C24H22BrNO3S.